The van der Waals surface area contributed by atoms with Gasteiger partial charge in [-0.25, -0.2) is 9.59 Å². The lowest BCUT2D eigenvalue weighted by Gasteiger charge is -2.49. The van der Waals surface area contributed by atoms with E-state index < -0.39 is 29.3 Å². The summed E-state index contributed by atoms with van der Waals surface area (Å²) in [5.41, 5.74) is 0.105. The molecule has 0 aromatic carbocycles. The molecule has 2 aliphatic heterocycles. The van der Waals surface area contributed by atoms with Crippen molar-refractivity contribution in [1.82, 2.24) is 10.2 Å². The maximum Gasteiger partial charge on any atom is 0.352 e. The molecule has 2 aliphatic rings. The molecule has 1 aromatic rings. The van der Waals surface area contributed by atoms with Gasteiger partial charge in [0.1, 0.15) is 17.1 Å². The maximum atomic E-state index is 12.5. The zero-order valence-corrected chi connectivity index (χ0v) is 16.1. The second-order valence-electron chi connectivity index (χ2n) is 5.83. The summed E-state index contributed by atoms with van der Waals surface area (Å²) in [6, 6.07) is 2.79. The summed E-state index contributed by atoms with van der Waals surface area (Å²) in [5, 5.41) is 13.4. The van der Waals surface area contributed by atoms with Gasteiger partial charge >= 0.3 is 11.9 Å². The fourth-order valence-corrected chi connectivity index (χ4v) is 4.88. The molecule has 1 saturated heterocycles. The molecule has 3 heterocycles. The fraction of sp³-hybridized carbons (Fsp3) is 0.294. The number of carbonyl (C=O) groups excluding carboxylic acids is 3. The first-order valence-electron chi connectivity index (χ1n) is 7.89. The molecule has 27 heavy (non-hydrogen) atoms. The summed E-state index contributed by atoms with van der Waals surface area (Å²) in [7, 11) is 1.22. The first-order valence-corrected chi connectivity index (χ1v) is 9.65. The number of carbonyl (C=O) groups is 4. The number of β-lactam (4-membered cyclic amide) rings is 1. The van der Waals surface area contributed by atoms with E-state index in [9.17, 15) is 24.3 Å². The molecule has 2 unspecified atom stereocenters. The molecule has 2 N–H and O–H groups in total. The largest absolute Gasteiger partial charge is 0.477 e. The third kappa shape index (κ3) is 3.62. The topological polar surface area (TPSA) is 113 Å². The number of thioether (sulfide) groups is 1. The standard InChI is InChI=1S/C17H16N2O6S2/c1-8-10(7-12(21)25-2)27-16-13(15(22)19(16)14(8)17(23)24)18-11(20)6-9-4-3-5-26-9/h3-5,7,13,16H,6H2,1-2H3,(H,18,20)(H,23,24)/b10-7-. The van der Waals surface area contributed by atoms with Crippen LogP contribution < -0.4 is 5.32 Å². The number of aliphatic carboxylic acids is 1. The summed E-state index contributed by atoms with van der Waals surface area (Å²) in [4.78, 5) is 50.3. The minimum absolute atomic E-state index is 0.143. The lowest BCUT2D eigenvalue weighted by atomic mass is 10.0. The van der Waals surface area contributed by atoms with Gasteiger partial charge in [-0.3, -0.25) is 14.5 Å². The third-order valence-electron chi connectivity index (χ3n) is 4.14. The predicted molar refractivity (Wildman–Crippen MR) is 98.6 cm³/mol. The fourth-order valence-electron chi connectivity index (χ4n) is 2.84. The van der Waals surface area contributed by atoms with Gasteiger partial charge in [0.15, 0.2) is 0 Å². The molecular weight excluding hydrogens is 392 g/mol. The summed E-state index contributed by atoms with van der Waals surface area (Å²) in [6.45, 7) is 1.53. The third-order valence-corrected chi connectivity index (χ3v) is 6.42. The number of allylic oxidation sites excluding steroid dienone is 1. The number of fused-ring (bicyclic) bond motifs is 1. The van der Waals surface area contributed by atoms with E-state index in [-0.39, 0.29) is 18.0 Å². The molecule has 142 valence electrons. The molecule has 2 amide bonds. The summed E-state index contributed by atoms with van der Waals surface area (Å²) in [6.07, 6.45) is 1.33. The van der Waals surface area contributed by atoms with E-state index in [1.807, 2.05) is 17.5 Å². The van der Waals surface area contributed by atoms with Crippen molar-refractivity contribution >= 4 is 46.9 Å². The Balaban J connectivity index is 1.82. The molecule has 0 spiro atoms. The summed E-state index contributed by atoms with van der Waals surface area (Å²) < 4.78 is 4.60. The van der Waals surface area contributed by atoms with Crippen LogP contribution in [0.25, 0.3) is 0 Å². The number of thiophene rings is 1. The number of carboxylic acids is 1. The van der Waals surface area contributed by atoms with Gasteiger partial charge in [-0.05, 0) is 23.9 Å². The van der Waals surface area contributed by atoms with Crippen LogP contribution >= 0.6 is 23.1 Å². The molecule has 8 nitrogen and oxygen atoms in total. The van der Waals surface area contributed by atoms with Gasteiger partial charge in [0.2, 0.25) is 5.91 Å². The molecule has 1 aromatic heterocycles. The van der Waals surface area contributed by atoms with Crippen molar-refractivity contribution in [2.45, 2.75) is 24.8 Å². The van der Waals surface area contributed by atoms with Crippen molar-refractivity contribution in [2.24, 2.45) is 0 Å². The number of nitrogens with one attached hydrogen (secondary N) is 1. The Hall–Kier alpha value is -2.59. The number of ether oxygens (including phenoxy) is 1. The monoisotopic (exact) mass is 408 g/mol. The molecule has 0 saturated carbocycles. The SMILES string of the molecule is COC(=O)/C=C1\SC2C(NC(=O)Cc3cccs3)C(=O)N2C(C(=O)O)=C1C. The van der Waals surface area contributed by atoms with Gasteiger partial charge in [0.05, 0.1) is 13.5 Å². The van der Waals surface area contributed by atoms with E-state index in [0.717, 1.165) is 21.5 Å². The first-order chi connectivity index (χ1) is 12.8. The van der Waals surface area contributed by atoms with Crippen molar-refractivity contribution in [3.8, 4) is 0 Å². The number of amides is 2. The molecule has 0 radical (unpaired) electrons. The van der Waals surface area contributed by atoms with Crippen molar-refractivity contribution < 1.29 is 29.0 Å². The normalized spacial score (nSPS) is 23.0. The van der Waals surface area contributed by atoms with Crippen molar-refractivity contribution in [3.63, 3.8) is 0 Å². The summed E-state index contributed by atoms with van der Waals surface area (Å²) >= 11 is 2.58. The van der Waals surface area contributed by atoms with Crippen molar-refractivity contribution in [3.05, 3.63) is 44.6 Å². The van der Waals surface area contributed by atoms with E-state index in [2.05, 4.69) is 10.1 Å². The Morgan fingerprint density at radius 1 is 1.41 bits per heavy atom. The highest BCUT2D eigenvalue weighted by Gasteiger charge is 2.54. The molecule has 1 fully saturated rings. The van der Waals surface area contributed by atoms with Crippen molar-refractivity contribution in [1.29, 1.82) is 0 Å². The lowest BCUT2D eigenvalue weighted by Crippen LogP contribution is -2.70. The van der Waals surface area contributed by atoms with Crippen LogP contribution in [0.4, 0.5) is 0 Å². The van der Waals surface area contributed by atoms with Crippen LogP contribution in [0.3, 0.4) is 0 Å². The molecule has 10 heteroatoms. The molecule has 0 bridgehead atoms. The van der Waals surface area contributed by atoms with Crippen LogP contribution in [0.2, 0.25) is 0 Å². The molecule has 2 atom stereocenters. The number of esters is 1. The number of rotatable bonds is 5. The van der Waals surface area contributed by atoms with Gasteiger partial charge in [-0.1, -0.05) is 17.8 Å². The smallest absolute Gasteiger partial charge is 0.352 e. The number of hydrogen-bond acceptors (Lipinski definition) is 7. The van der Waals surface area contributed by atoms with E-state index in [4.69, 9.17) is 0 Å². The first kappa shape index (κ1) is 19.2. The minimum atomic E-state index is -1.27. The van der Waals surface area contributed by atoms with Crippen LogP contribution in [0.1, 0.15) is 11.8 Å². The van der Waals surface area contributed by atoms with Crippen molar-refractivity contribution in [2.75, 3.05) is 7.11 Å². The van der Waals surface area contributed by atoms with Gasteiger partial charge in [-0.2, -0.15) is 0 Å². The number of methoxy groups -OCH3 is 1. The Bertz CT molecular complexity index is 874. The van der Waals surface area contributed by atoms with Gasteiger partial charge < -0.3 is 15.2 Å². The van der Waals surface area contributed by atoms with Gasteiger partial charge in [-0.15, -0.1) is 11.3 Å². The van der Waals surface area contributed by atoms with Gasteiger partial charge in [0.25, 0.3) is 5.91 Å². The second kappa shape index (κ2) is 7.57. The highest BCUT2D eigenvalue weighted by Crippen LogP contribution is 2.46. The van der Waals surface area contributed by atoms with Crippen LogP contribution in [0.15, 0.2) is 39.8 Å². The predicted octanol–water partition coefficient (Wildman–Crippen LogP) is 1.11. The van der Waals surface area contributed by atoms with E-state index >= 15 is 0 Å². The Morgan fingerprint density at radius 2 is 2.15 bits per heavy atom. The molecular formula is C17H16N2O6S2. The van der Waals surface area contributed by atoms with Crippen LogP contribution in [-0.4, -0.2) is 52.3 Å². The van der Waals surface area contributed by atoms with Crippen LogP contribution in [0, 0.1) is 0 Å². The zero-order valence-electron chi connectivity index (χ0n) is 14.4. The Labute approximate surface area is 162 Å². The highest BCUT2D eigenvalue weighted by atomic mass is 32.2. The number of hydrogen-bond donors (Lipinski definition) is 2. The Kier molecular flexibility index (Phi) is 5.38. The molecule has 3 rings (SSSR count). The minimum Gasteiger partial charge on any atom is -0.477 e. The average molecular weight is 408 g/mol. The second-order valence-corrected chi connectivity index (χ2v) is 8.02. The Morgan fingerprint density at radius 3 is 2.74 bits per heavy atom. The molecule has 0 aliphatic carbocycles. The van der Waals surface area contributed by atoms with Crippen LogP contribution in [0.5, 0.6) is 0 Å². The lowest BCUT2D eigenvalue weighted by molar-refractivity contribution is -0.150. The van der Waals surface area contributed by atoms with E-state index in [0.29, 0.717) is 10.5 Å². The van der Waals surface area contributed by atoms with Crippen LogP contribution in [-0.2, 0) is 30.3 Å². The van der Waals surface area contributed by atoms with E-state index in [1.165, 1.54) is 31.4 Å². The number of nitrogens with zero attached hydrogens (tertiary/aromatic N) is 1. The highest BCUT2D eigenvalue weighted by molar-refractivity contribution is 8.04. The quantitative estimate of drug-likeness (QED) is 0.426. The zero-order chi connectivity index (χ0) is 19.7. The average Bonchev–Trinajstić information content (AvgIpc) is 3.13. The summed E-state index contributed by atoms with van der Waals surface area (Å²) in [5.74, 6) is -2.71. The van der Waals surface area contributed by atoms with Gasteiger partial charge in [0, 0.05) is 15.9 Å². The maximum absolute atomic E-state index is 12.5. The number of carboxylic acid groups (broad SMARTS) is 1. The van der Waals surface area contributed by atoms with E-state index in [1.54, 1.807) is 0 Å².